The maximum Gasteiger partial charge on any atom is 0.309 e. The average molecular weight is 1060 g/mol. The number of hydrogen-bond donors (Lipinski definition) is 5. The third-order valence-corrected chi connectivity index (χ3v) is 17.1. The number of aliphatic hydroxyl groups excluding tert-OH is 3. The molecule has 0 bridgehead atoms. The lowest BCUT2D eigenvalue weighted by Crippen LogP contribution is -2.62. The van der Waals surface area contributed by atoms with Crippen molar-refractivity contribution in [1.29, 1.82) is 0 Å². The van der Waals surface area contributed by atoms with Gasteiger partial charge in [-0.05, 0) is 109 Å². The second kappa shape index (κ2) is 25.5. The SMILES string of the molecule is CC[C@H]1OC(=O)[C@H](C)C([C@H]2C[C@@](C)(OC)[C@@H](O)[C@H](C)O2)[C@H](C)[C@@H](O[C@@H]2O[C@H](C)C[C@H](N(C)CCc3cn([C@H](CF)[C@H](OC)c4ccc(-c5cccnc5)cc4)nn3)[C@H]2O)[C@](C)(O)C[C@@H](C)CN(C)[C@H](C)[C@@H](O)[C@]1(C)O. The van der Waals surface area contributed by atoms with Crippen LogP contribution in [0, 0.1) is 23.7 Å². The molecule has 18 nitrogen and oxygen atoms in total. The van der Waals surface area contributed by atoms with Gasteiger partial charge in [-0.1, -0.05) is 63.2 Å². The molecule has 0 saturated carbocycles. The van der Waals surface area contributed by atoms with Crippen molar-refractivity contribution in [2.45, 2.75) is 197 Å². The van der Waals surface area contributed by atoms with Crippen molar-refractivity contribution in [1.82, 2.24) is 29.8 Å². The van der Waals surface area contributed by atoms with Crippen molar-refractivity contribution in [3.8, 4) is 11.1 Å². The molecule has 3 aliphatic heterocycles. The minimum Gasteiger partial charge on any atom is -0.459 e. The summed E-state index contributed by atoms with van der Waals surface area (Å²) in [5.74, 6) is -3.25. The number of aromatic nitrogens is 4. The van der Waals surface area contributed by atoms with Gasteiger partial charge in [-0.2, -0.15) is 0 Å². The van der Waals surface area contributed by atoms with Crippen LogP contribution in [0.3, 0.4) is 0 Å². The van der Waals surface area contributed by atoms with E-state index in [1.165, 1.54) is 18.7 Å². The molecular formula is C56H89FN6O12. The Morgan fingerprint density at radius 2 is 1.65 bits per heavy atom. The van der Waals surface area contributed by atoms with E-state index in [4.69, 9.17) is 28.4 Å². The number of hydrogen-bond acceptors (Lipinski definition) is 17. The highest BCUT2D eigenvalue weighted by molar-refractivity contribution is 5.73. The van der Waals surface area contributed by atoms with E-state index in [1.807, 2.05) is 81.1 Å². The van der Waals surface area contributed by atoms with E-state index in [0.29, 0.717) is 31.6 Å². The number of pyridine rings is 1. The van der Waals surface area contributed by atoms with Gasteiger partial charge in [0.2, 0.25) is 0 Å². The van der Waals surface area contributed by atoms with Gasteiger partial charge < -0.3 is 63.8 Å². The van der Waals surface area contributed by atoms with Crippen LogP contribution < -0.4 is 0 Å². The molecule has 0 spiro atoms. The number of methoxy groups -OCH3 is 2. The van der Waals surface area contributed by atoms with Gasteiger partial charge in [0.1, 0.15) is 48.8 Å². The lowest BCUT2D eigenvalue weighted by molar-refractivity contribution is -0.302. The molecule has 2 aromatic heterocycles. The van der Waals surface area contributed by atoms with E-state index >= 15 is 0 Å². The van der Waals surface area contributed by atoms with Crippen LogP contribution in [-0.4, -0.2) is 193 Å². The normalized spacial score (nSPS) is 38.8. The van der Waals surface area contributed by atoms with E-state index in [-0.39, 0.29) is 31.3 Å². The summed E-state index contributed by atoms with van der Waals surface area (Å²) in [6.07, 6.45) is -2.71. The van der Waals surface area contributed by atoms with E-state index in [0.717, 1.165) is 16.7 Å². The first kappa shape index (κ1) is 60.7. The first-order valence-corrected chi connectivity index (χ1v) is 26.9. The smallest absolute Gasteiger partial charge is 0.309 e. The first-order chi connectivity index (χ1) is 35.3. The largest absolute Gasteiger partial charge is 0.459 e. The summed E-state index contributed by atoms with van der Waals surface area (Å²) in [4.78, 5) is 22.8. The number of carbonyl (C=O) groups is 1. The third kappa shape index (κ3) is 13.7. The van der Waals surface area contributed by atoms with Crippen molar-refractivity contribution in [2.24, 2.45) is 23.7 Å². The number of cyclic esters (lactones) is 1. The zero-order chi connectivity index (χ0) is 55.3. The summed E-state index contributed by atoms with van der Waals surface area (Å²) in [5, 5.41) is 69.0. The monoisotopic (exact) mass is 1060 g/mol. The standard InChI is InChI=1S/C56H89FN6O12/c1-15-45-56(10,69)49(65)36(6)62(12)30-32(2)26-54(8,68)51(34(4)46(35(5)52(67)74-45)44-27-55(9,71-14)50(66)37(7)73-44)75-53-47(64)42(25-33(3)72-53)61(11)24-22-41-31-63(60-59-41)43(28-57)48(70-13)39-20-18-38(19-21-39)40-17-16-23-58-29-40/h16-21,23,29,31-37,42-51,53,64-66,68-69H,15,22,24-28,30H2,1-14H3/t32-,33-,34+,35-,36-,37+,42+,43-,44-,45-,46?,47-,48-,49-,50+,51-,53+,54-,55-,56-/m1/s1. The van der Waals surface area contributed by atoms with E-state index in [2.05, 4.69) is 15.3 Å². The first-order valence-electron chi connectivity index (χ1n) is 26.9. The number of esters is 1. The van der Waals surface area contributed by atoms with Gasteiger partial charge in [-0.3, -0.25) is 9.78 Å². The highest BCUT2D eigenvalue weighted by Gasteiger charge is 2.55. The number of halogens is 1. The molecule has 1 aromatic carbocycles. The van der Waals surface area contributed by atoms with Crippen LogP contribution in [0.4, 0.5) is 4.39 Å². The second-order valence-corrected chi connectivity index (χ2v) is 22.9. The molecule has 75 heavy (non-hydrogen) atoms. The molecule has 6 rings (SSSR count). The van der Waals surface area contributed by atoms with Crippen LogP contribution in [0.5, 0.6) is 0 Å². The van der Waals surface area contributed by atoms with Crippen LogP contribution in [0.1, 0.15) is 118 Å². The van der Waals surface area contributed by atoms with Gasteiger partial charge in [-0.25, -0.2) is 9.07 Å². The van der Waals surface area contributed by atoms with Gasteiger partial charge in [0.05, 0.1) is 47.2 Å². The number of ether oxygens (including phenoxy) is 6. The lowest BCUT2D eigenvalue weighted by Gasteiger charge is -2.51. The Hall–Kier alpha value is -3.57. The Morgan fingerprint density at radius 1 is 0.960 bits per heavy atom. The minimum absolute atomic E-state index is 0.172. The predicted octanol–water partition coefficient (Wildman–Crippen LogP) is 5.34. The number of alkyl halides is 1. The fourth-order valence-corrected chi connectivity index (χ4v) is 12.5. The molecule has 3 fully saturated rings. The zero-order valence-electron chi connectivity index (χ0n) is 46.8. The molecule has 19 heteroatoms. The molecule has 5 heterocycles. The topological polar surface area (TPSA) is 224 Å². The fraction of sp³-hybridized carbons (Fsp3) is 0.750. The predicted molar refractivity (Wildman–Crippen MR) is 280 cm³/mol. The summed E-state index contributed by atoms with van der Waals surface area (Å²) >= 11 is 0. The number of rotatable bonds is 15. The van der Waals surface area contributed by atoms with Crippen molar-refractivity contribution in [3.05, 3.63) is 66.2 Å². The van der Waals surface area contributed by atoms with E-state index < -0.39 is 120 Å². The molecule has 422 valence electrons. The Bertz CT molecular complexity index is 2240. The maximum atomic E-state index is 14.9. The molecule has 3 saturated heterocycles. The number of carbonyl (C=O) groups excluding carboxylic acids is 1. The quantitative estimate of drug-likeness (QED) is 0.121. The number of benzene rings is 1. The summed E-state index contributed by atoms with van der Waals surface area (Å²) < 4.78 is 54.5. The van der Waals surface area contributed by atoms with Crippen LogP contribution in [0.2, 0.25) is 0 Å². The fourth-order valence-electron chi connectivity index (χ4n) is 12.5. The Morgan fingerprint density at radius 3 is 2.27 bits per heavy atom. The molecule has 0 amide bonds. The molecule has 0 radical (unpaired) electrons. The maximum absolute atomic E-state index is 14.9. The Labute approximate surface area is 444 Å². The lowest BCUT2D eigenvalue weighted by atomic mass is 9.68. The van der Waals surface area contributed by atoms with Gasteiger partial charge in [-0.15, -0.1) is 5.10 Å². The van der Waals surface area contributed by atoms with Crippen molar-refractivity contribution >= 4 is 5.97 Å². The second-order valence-electron chi connectivity index (χ2n) is 22.9. The summed E-state index contributed by atoms with van der Waals surface area (Å²) in [6, 6.07) is 9.76. The van der Waals surface area contributed by atoms with Gasteiger partial charge in [0.25, 0.3) is 0 Å². The summed E-state index contributed by atoms with van der Waals surface area (Å²) in [7, 11) is 6.81. The van der Waals surface area contributed by atoms with Crippen molar-refractivity contribution in [2.75, 3.05) is 48.1 Å². The minimum atomic E-state index is -1.83. The molecule has 20 atom stereocenters. The number of likely N-dealkylation sites (N-methyl/N-ethyl adjacent to an activating group) is 2. The molecule has 5 N–H and O–H groups in total. The molecular weight excluding hydrogens is 968 g/mol. The number of aliphatic hydroxyl groups is 5. The summed E-state index contributed by atoms with van der Waals surface area (Å²) in [6.45, 7) is 17.9. The van der Waals surface area contributed by atoms with Crippen LogP contribution >= 0.6 is 0 Å². The van der Waals surface area contributed by atoms with Crippen LogP contribution in [0.25, 0.3) is 11.1 Å². The zero-order valence-corrected chi connectivity index (χ0v) is 46.8. The van der Waals surface area contributed by atoms with Crippen molar-refractivity contribution in [3.63, 3.8) is 0 Å². The Balaban J connectivity index is 1.26. The highest BCUT2D eigenvalue weighted by atomic mass is 19.1. The average Bonchev–Trinajstić information content (AvgIpc) is 3.85. The van der Waals surface area contributed by atoms with Crippen molar-refractivity contribution < 1.29 is 63.1 Å². The van der Waals surface area contributed by atoms with Crippen LogP contribution in [-0.2, 0) is 39.6 Å². The van der Waals surface area contributed by atoms with E-state index in [1.54, 1.807) is 67.2 Å². The highest BCUT2D eigenvalue weighted by Crippen LogP contribution is 2.45. The van der Waals surface area contributed by atoms with Gasteiger partial charge in [0.15, 0.2) is 6.29 Å². The van der Waals surface area contributed by atoms with Crippen LogP contribution in [0.15, 0.2) is 55.0 Å². The molecule has 3 aromatic rings. The van der Waals surface area contributed by atoms with Gasteiger partial charge >= 0.3 is 5.97 Å². The third-order valence-electron chi connectivity index (χ3n) is 17.1. The van der Waals surface area contributed by atoms with E-state index in [9.17, 15) is 34.7 Å². The molecule has 0 aliphatic carbocycles. The summed E-state index contributed by atoms with van der Waals surface area (Å²) in [5.41, 5.74) is -1.18. The molecule has 1 unspecified atom stereocenters. The Kier molecular flexibility index (Phi) is 20.6. The van der Waals surface area contributed by atoms with Gasteiger partial charge in [0, 0.05) is 76.7 Å². The molecule has 3 aliphatic rings. The number of nitrogens with zero attached hydrogens (tertiary/aromatic N) is 6.